The van der Waals surface area contributed by atoms with Crippen molar-refractivity contribution < 1.29 is 0 Å². The molecule has 1 aromatic rings. The summed E-state index contributed by atoms with van der Waals surface area (Å²) in [7, 11) is 0. The van der Waals surface area contributed by atoms with Crippen LogP contribution in [0, 0.1) is 5.41 Å². The lowest BCUT2D eigenvalue weighted by Crippen LogP contribution is -2.22. The fourth-order valence-corrected chi connectivity index (χ4v) is 2.52. The molecule has 0 N–H and O–H groups in total. The van der Waals surface area contributed by atoms with Crippen molar-refractivity contribution in [1.29, 1.82) is 0 Å². The van der Waals surface area contributed by atoms with E-state index in [9.17, 15) is 0 Å². The van der Waals surface area contributed by atoms with Gasteiger partial charge in [0.1, 0.15) is 0 Å². The first kappa shape index (κ1) is 15.9. The zero-order valence-corrected chi connectivity index (χ0v) is 13.3. The molecule has 0 saturated heterocycles. The Hall–Kier alpha value is -0.170. The maximum atomic E-state index is 6.44. The second kappa shape index (κ2) is 6.84. The maximum Gasteiger partial charge on any atom is 0.0584 e. The molecular weight excluding hydrogens is 287 g/mol. The first-order chi connectivity index (χ1) is 8.36. The van der Waals surface area contributed by atoms with Crippen LogP contribution < -0.4 is 0 Å². The van der Waals surface area contributed by atoms with Crippen LogP contribution in [0.2, 0.25) is 5.02 Å². The second-order valence-electron chi connectivity index (χ2n) is 5.16. The molecule has 1 atom stereocenters. The molecule has 18 heavy (non-hydrogen) atoms. The van der Waals surface area contributed by atoms with E-state index >= 15 is 0 Å². The van der Waals surface area contributed by atoms with Crippen LogP contribution in [0.3, 0.4) is 0 Å². The van der Waals surface area contributed by atoms with E-state index in [1.165, 1.54) is 0 Å². The van der Waals surface area contributed by atoms with Gasteiger partial charge in [-0.05, 0) is 35.6 Å². The van der Waals surface area contributed by atoms with Gasteiger partial charge in [0, 0.05) is 10.1 Å². The number of rotatable bonds is 5. The Kier molecular flexibility index (Phi) is 6.04. The third kappa shape index (κ3) is 4.50. The molecular formula is C15H19Cl3. The molecule has 0 spiro atoms. The van der Waals surface area contributed by atoms with Crippen LogP contribution in [0.4, 0.5) is 0 Å². The normalized spacial score (nSPS) is 14.7. The summed E-state index contributed by atoms with van der Waals surface area (Å²) in [4.78, 5) is 0. The number of benzene rings is 1. The van der Waals surface area contributed by atoms with Crippen LogP contribution in [0.1, 0.15) is 39.2 Å². The van der Waals surface area contributed by atoms with Gasteiger partial charge in [0.05, 0.1) is 5.38 Å². The predicted molar refractivity (Wildman–Crippen MR) is 83.6 cm³/mol. The van der Waals surface area contributed by atoms with Crippen LogP contribution in [-0.4, -0.2) is 5.38 Å². The quantitative estimate of drug-likeness (QED) is 0.556. The third-order valence-electron chi connectivity index (χ3n) is 3.05. The molecule has 0 bridgehead atoms. The summed E-state index contributed by atoms with van der Waals surface area (Å²) >= 11 is 18.6. The van der Waals surface area contributed by atoms with Crippen molar-refractivity contribution in [3.8, 4) is 0 Å². The van der Waals surface area contributed by atoms with Gasteiger partial charge in [-0.25, -0.2) is 0 Å². The van der Waals surface area contributed by atoms with Crippen molar-refractivity contribution in [2.75, 3.05) is 0 Å². The summed E-state index contributed by atoms with van der Waals surface area (Å²) in [6.45, 7) is 6.49. The minimum absolute atomic E-state index is 0.0445. The zero-order chi connectivity index (χ0) is 13.8. The first-order valence-corrected chi connectivity index (χ1v) is 7.33. The SMILES string of the molecule is CCCC(C)(C)C(Cl)C=C(Cl)c1ccc(Cl)cc1. The summed E-state index contributed by atoms with van der Waals surface area (Å²) in [5.74, 6) is 0. The van der Waals surface area contributed by atoms with Gasteiger partial charge in [0.15, 0.2) is 0 Å². The highest BCUT2D eigenvalue weighted by molar-refractivity contribution is 6.49. The lowest BCUT2D eigenvalue weighted by atomic mass is 9.84. The van der Waals surface area contributed by atoms with E-state index < -0.39 is 0 Å². The van der Waals surface area contributed by atoms with Crippen LogP contribution in [0.25, 0.3) is 5.03 Å². The fourth-order valence-electron chi connectivity index (χ4n) is 1.84. The van der Waals surface area contributed by atoms with Crippen molar-refractivity contribution in [1.82, 2.24) is 0 Å². The van der Waals surface area contributed by atoms with E-state index in [0.29, 0.717) is 10.1 Å². The average molecular weight is 306 g/mol. The van der Waals surface area contributed by atoms with Gasteiger partial charge in [-0.1, -0.05) is 62.5 Å². The number of hydrogen-bond donors (Lipinski definition) is 0. The van der Waals surface area contributed by atoms with Crippen molar-refractivity contribution >= 4 is 39.8 Å². The molecule has 0 saturated carbocycles. The Balaban J connectivity index is 2.85. The van der Waals surface area contributed by atoms with Gasteiger partial charge in [0.2, 0.25) is 0 Å². The summed E-state index contributed by atoms with van der Waals surface area (Å²) in [5, 5.41) is 1.30. The van der Waals surface area contributed by atoms with Gasteiger partial charge in [-0.3, -0.25) is 0 Å². The number of halogens is 3. The van der Waals surface area contributed by atoms with Crippen molar-refractivity contribution in [3.05, 3.63) is 40.9 Å². The Morgan fingerprint density at radius 2 is 1.83 bits per heavy atom. The predicted octanol–water partition coefficient (Wildman–Crippen LogP) is 6.35. The minimum atomic E-state index is -0.0828. The summed E-state index contributed by atoms with van der Waals surface area (Å²) < 4.78 is 0. The zero-order valence-electron chi connectivity index (χ0n) is 11.0. The molecule has 0 aliphatic rings. The number of alkyl halides is 1. The molecule has 0 nitrogen and oxygen atoms in total. The average Bonchev–Trinajstić information content (AvgIpc) is 2.29. The van der Waals surface area contributed by atoms with Crippen LogP contribution in [0.15, 0.2) is 30.3 Å². The van der Waals surface area contributed by atoms with Crippen LogP contribution in [-0.2, 0) is 0 Å². The molecule has 100 valence electrons. The second-order valence-corrected chi connectivity index (χ2v) is 6.48. The third-order valence-corrected chi connectivity index (χ3v) is 4.37. The smallest absolute Gasteiger partial charge is 0.0584 e. The molecule has 0 radical (unpaired) electrons. The molecule has 1 unspecified atom stereocenters. The molecule has 0 heterocycles. The maximum absolute atomic E-state index is 6.44. The fraction of sp³-hybridized carbons (Fsp3) is 0.467. The molecule has 0 aliphatic carbocycles. The molecule has 0 fully saturated rings. The monoisotopic (exact) mass is 304 g/mol. The van der Waals surface area contributed by atoms with Crippen LogP contribution in [0.5, 0.6) is 0 Å². The van der Waals surface area contributed by atoms with E-state index in [1.54, 1.807) is 0 Å². The molecule has 0 aromatic heterocycles. The van der Waals surface area contributed by atoms with Gasteiger partial charge < -0.3 is 0 Å². The minimum Gasteiger partial charge on any atom is -0.118 e. The van der Waals surface area contributed by atoms with E-state index in [0.717, 1.165) is 18.4 Å². The molecule has 0 amide bonds. The van der Waals surface area contributed by atoms with Gasteiger partial charge in [-0.2, -0.15) is 0 Å². The summed E-state index contributed by atoms with van der Waals surface area (Å²) in [6.07, 6.45) is 4.10. The summed E-state index contributed by atoms with van der Waals surface area (Å²) in [5.41, 5.74) is 0.988. The van der Waals surface area contributed by atoms with Gasteiger partial charge in [-0.15, -0.1) is 11.6 Å². The van der Waals surface area contributed by atoms with Gasteiger partial charge >= 0.3 is 0 Å². The highest BCUT2D eigenvalue weighted by Crippen LogP contribution is 2.34. The standard InChI is InChI=1S/C15H19Cl3/c1-4-9-15(2,3)14(18)10-13(17)11-5-7-12(16)8-6-11/h5-8,10,14H,4,9H2,1-3H3. The topological polar surface area (TPSA) is 0 Å². The lowest BCUT2D eigenvalue weighted by Gasteiger charge is -2.27. The molecule has 1 rings (SSSR count). The van der Waals surface area contributed by atoms with Crippen molar-refractivity contribution in [2.45, 2.75) is 39.0 Å². The number of allylic oxidation sites excluding steroid dienone is 1. The molecule has 3 heteroatoms. The Morgan fingerprint density at radius 1 is 1.28 bits per heavy atom. The highest BCUT2D eigenvalue weighted by atomic mass is 35.5. The van der Waals surface area contributed by atoms with Crippen molar-refractivity contribution in [3.63, 3.8) is 0 Å². The van der Waals surface area contributed by atoms with E-state index in [2.05, 4.69) is 20.8 Å². The van der Waals surface area contributed by atoms with Crippen molar-refractivity contribution in [2.24, 2.45) is 5.41 Å². The van der Waals surface area contributed by atoms with E-state index in [1.807, 2.05) is 30.3 Å². The van der Waals surface area contributed by atoms with E-state index in [4.69, 9.17) is 34.8 Å². The van der Waals surface area contributed by atoms with Gasteiger partial charge in [0.25, 0.3) is 0 Å². The Labute approximate surface area is 125 Å². The molecule has 0 aliphatic heterocycles. The molecule has 1 aromatic carbocycles. The first-order valence-electron chi connectivity index (χ1n) is 6.14. The summed E-state index contributed by atoms with van der Waals surface area (Å²) in [6, 6.07) is 7.45. The number of hydrogen-bond acceptors (Lipinski definition) is 0. The Morgan fingerprint density at radius 3 is 2.33 bits per heavy atom. The van der Waals surface area contributed by atoms with Crippen LogP contribution >= 0.6 is 34.8 Å². The van der Waals surface area contributed by atoms with E-state index in [-0.39, 0.29) is 10.8 Å². The Bertz CT molecular complexity index is 404. The highest BCUT2D eigenvalue weighted by Gasteiger charge is 2.25. The lowest BCUT2D eigenvalue weighted by molar-refractivity contribution is 0.342. The largest absolute Gasteiger partial charge is 0.118 e.